The fourth-order valence-electron chi connectivity index (χ4n) is 1.72. The molecule has 0 saturated carbocycles. The van der Waals surface area contributed by atoms with Gasteiger partial charge in [0, 0.05) is 17.5 Å². The molecule has 0 aliphatic carbocycles. The van der Waals surface area contributed by atoms with Crippen LogP contribution in [-0.4, -0.2) is 4.98 Å². The van der Waals surface area contributed by atoms with Gasteiger partial charge in [-0.25, -0.2) is 0 Å². The van der Waals surface area contributed by atoms with Crippen LogP contribution < -0.4 is 5.56 Å². The molecule has 2 rings (SSSR count). The Morgan fingerprint density at radius 3 is 2.94 bits per heavy atom. The molecule has 0 fully saturated rings. The standard InChI is InChI=1S/C13H12N2O/c1-9-7-11-8-10(3-2-6-14)4-5-12(11)15-13(9)16/h4-5,7-8H,2-3H2,1H3,(H,15,16). The van der Waals surface area contributed by atoms with Gasteiger partial charge in [-0.2, -0.15) is 5.26 Å². The summed E-state index contributed by atoms with van der Waals surface area (Å²) in [5.74, 6) is 0. The van der Waals surface area contributed by atoms with Crippen molar-refractivity contribution in [3.63, 3.8) is 0 Å². The zero-order chi connectivity index (χ0) is 11.5. The highest BCUT2D eigenvalue weighted by Crippen LogP contribution is 2.14. The monoisotopic (exact) mass is 212 g/mol. The molecule has 1 N–H and O–H groups in total. The van der Waals surface area contributed by atoms with Crippen LogP contribution in [0.5, 0.6) is 0 Å². The van der Waals surface area contributed by atoms with Crippen LogP contribution in [0, 0.1) is 18.3 Å². The van der Waals surface area contributed by atoms with Crippen LogP contribution in [0.15, 0.2) is 29.1 Å². The summed E-state index contributed by atoms with van der Waals surface area (Å²) in [7, 11) is 0. The summed E-state index contributed by atoms with van der Waals surface area (Å²) >= 11 is 0. The Labute approximate surface area is 93.3 Å². The molecule has 1 aromatic heterocycles. The fraction of sp³-hybridized carbons (Fsp3) is 0.231. The molecule has 3 nitrogen and oxygen atoms in total. The lowest BCUT2D eigenvalue weighted by molar-refractivity contribution is 1.01. The molecular weight excluding hydrogens is 200 g/mol. The second-order valence-electron chi connectivity index (χ2n) is 3.86. The number of aryl methyl sites for hydroxylation is 2. The van der Waals surface area contributed by atoms with Gasteiger partial charge in [0.15, 0.2) is 0 Å². The van der Waals surface area contributed by atoms with Crippen molar-refractivity contribution in [3.8, 4) is 6.07 Å². The fourth-order valence-corrected chi connectivity index (χ4v) is 1.72. The van der Waals surface area contributed by atoms with E-state index in [0.717, 1.165) is 22.9 Å². The largest absolute Gasteiger partial charge is 0.322 e. The summed E-state index contributed by atoms with van der Waals surface area (Å²) in [6, 6.07) is 9.87. The second-order valence-corrected chi connectivity index (χ2v) is 3.86. The molecule has 2 aromatic rings. The summed E-state index contributed by atoms with van der Waals surface area (Å²) < 4.78 is 0. The number of nitrogens with one attached hydrogen (secondary N) is 1. The normalized spacial score (nSPS) is 10.2. The van der Waals surface area contributed by atoms with E-state index in [1.807, 2.05) is 24.3 Å². The van der Waals surface area contributed by atoms with E-state index >= 15 is 0 Å². The van der Waals surface area contributed by atoms with Crippen LogP contribution in [0.4, 0.5) is 0 Å². The first kappa shape index (κ1) is 10.4. The van der Waals surface area contributed by atoms with Crippen molar-refractivity contribution < 1.29 is 0 Å². The summed E-state index contributed by atoms with van der Waals surface area (Å²) in [6.07, 6.45) is 1.28. The van der Waals surface area contributed by atoms with Gasteiger partial charge in [-0.15, -0.1) is 0 Å². The van der Waals surface area contributed by atoms with Gasteiger partial charge in [-0.3, -0.25) is 4.79 Å². The summed E-state index contributed by atoms with van der Waals surface area (Å²) in [5.41, 5.74) is 2.64. The van der Waals surface area contributed by atoms with Gasteiger partial charge in [0.1, 0.15) is 0 Å². The van der Waals surface area contributed by atoms with Crippen molar-refractivity contribution >= 4 is 10.9 Å². The Morgan fingerprint density at radius 2 is 2.19 bits per heavy atom. The molecule has 0 radical (unpaired) electrons. The number of nitriles is 1. The molecule has 1 heterocycles. The maximum atomic E-state index is 11.4. The Balaban J connectivity index is 2.50. The van der Waals surface area contributed by atoms with Crippen molar-refractivity contribution in [2.24, 2.45) is 0 Å². The van der Waals surface area contributed by atoms with E-state index in [2.05, 4.69) is 11.1 Å². The first-order valence-corrected chi connectivity index (χ1v) is 5.20. The van der Waals surface area contributed by atoms with Crippen molar-refractivity contribution in [3.05, 3.63) is 45.7 Å². The molecule has 0 bridgehead atoms. The van der Waals surface area contributed by atoms with E-state index < -0.39 is 0 Å². The zero-order valence-electron chi connectivity index (χ0n) is 9.08. The van der Waals surface area contributed by atoms with E-state index in [1.165, 1.54) is 0 Å². The summed E-state index contributed by atoms with van der Waals surface area (Å²) in [4.78, 5) is 14.2. The smallest absolute Gasteiger partial charge is 0.251 e. The third kappa shape index (κ3) is 1.96. The molecule has 0 aliphatic heterocycles. The van der Waals surface area contributed by atoms with Gasteiger partial charge in [0.25, 0.3) is 5.56 Å². The Hall–Kier alpha value is -2.08. The number of hydrogen-bond acceptors (Lipinski definition) is 2. The first-order valence-electron chi connectivity index (χ1n) is 5.20. The first-order chi connectivity index (χ1) is 7.70. The third-order valence-electron chi connectivity index (χ3n) is 2.62. The molecule has 80 valence electrons. The van der Waals surface area contributed by atoms with Crippen molar-refractivity contribution in [2.75, 3.05) is 0 Å². The van der Waals surface area contributed by atoms with Gasteiger partial charge in [-0.05, 0) is 42.5 Å². The molecule has 1 aromatic carbocycles. The highest BCUT2D eigenvalue weighted by molar-refractivity contribution is 5.79. The highest BCUT2D eigenvalue weighted by Gasteiger charge is 2.00. The lowest BCUT2D eigenvalue weighted by Crippen LogP contribution is -2.08. The SMILES string of the molecule is Cc1cc2cc(CCC#N)ccc2[nH]c1=O. The second kappa shape index (κ2) is 4.19. The van der Waals surface area contributed by atoms with Crippen LogP contribution in [0.3, 0.4) is 0 Å². The highest BCUT2D eigenvalue weighted by atomic mass is 16.1. The topological polar surface area (TPSA) is 56.6 Å². The van der Waals surface area contributed by atoms with E-state index in [9.17, 15) is 4.79 Å². The van der Waals surface area contributed by atoms with Gasteiger partial charge in [-0.1, -0.05) is 6.07 Å². The van der Waals surface area contributed by atoms with Crippen LogP contribution in [0.1, 0.15) is 17.5 Å². The van der Waals surface area contributed by atoms with Crippen molar-refractivity contribution in [1.82, 2.24) is 4.98 Å². The Bertz CT molecular complexity index is 620. The van der Waals surface area contributed by atoms with Crippen LogP contribution in [0.25, 0.3) is 10.9 Å². The van der Waals surface area contributed by atoms with Gasteiger partial charge in [0.05, 0.1) is 6.07 Å². The van der Waals surface area contributed by atoms with E-state index in [1.54, 1.807) is 6.92 Å². The number of nitrogens with zero attached hydrogens (tertiary/aromatic N) is 1. The van der Waals surface area contributed by atoms with Crippen molar-refractivity contribution in [1.29, 1.82) is 5.26 Å². The molecule has 0 atom stereocenters. The van der Waals surface area contributed by atoms with E-state index in [0.29, 0.717) is 12.0 Å². The third-order valence-corrected chi connectivity index (χ3v) is 2.62. The number of benzene rings is 1. The predicted octanol–water partition coefficient (Wildman–Crippen LogP) is 2.29. The summed E-state index contributed by atoms with van der Waals surface area (Å²) in [5, 5.41) is 9.54. The number of H-pyrrole nitrogens is 1. The molecule has 0 aliphatic rings. The molecular formula is C13H12N2O. The number of rotatable bonds is 2. The van der Waals surface area contributed by atoms with Crippen molar-refractivity contribution in [2.45, 2.75) is 19.8 Å². The lowest BCUT2D eigenvalue weighted by atomic mass is 10.1. The lowest BCUT2D eigenvalue weighted by Gasteiger charge is -2.02. The minimum Gasteiger partial charge on any atom is -0.322 e. The van der Waals surface area contributed by atoms with Gasteiger partial charge < -0.3 is 4.98 Å². The maximum absolute atomic E-state index is 11.4. The van der Waals surface area contributed by atoms with E-state index in [-0.39, 0.29) is 5.56 Å². The molecule has 16 heavy (non-hydrogen) atoms. The van der Waals surface area contributed by atoms with Gasteiger partial charge in [0.2, 0.25) is 0 Å². The Morgan fingerprint density at radius 1 is 1.38 bits per heavy atom. The maximum Gasteiger partial charge on any atom is 0.251 e. The number of pyridine rings is 1. The predicted molar refractivity (Wildman–Crippen MR) is 63.2 cm³/mol. The zero-order valence-corrected chi connectivity index (χ0v) is 9.08. The quantitative estimate of drug-likeness (QED) is 0.830. The molecule has 0 saturated heterocycles. The molecule has 0 spiro atoms. The molecule has 3 heteroatoms. The molecule has 0 unspecified atom stereocenters. The van der Waals surface area contributed by atoms with Crippen LogP contribution in [0.2, 0.25) is 0 Å². The average molecular weight is 212 g/mol. The number of aromatic nitrogens is 1. The number of hydrogen-bond donors (Lipinski definition) is 1. The number of fused-ring (bicyclic) bond motifs is 1. The Kier molecular flexibility index (Phi) is 2.74. The van der Waals surface area contributed by atoms with E-state index in [4.69, 9.17) is 5.26 Å². The van der Waals surface area contributed by atoms with Gasteiger partial charge >= 0.3 is 0 Å². The van der Waals surface area contributed by atoms with Crippen LogP contribution in [-0.2, 0) is 6.42 Å². The number of aromatic amines is 1. The van der Waals surface area contributed by atoms with Crippen LogP contribution >= 0.6 is 0 Å². The summed E-state index contributed by atoms with van der Waals surface area (Å²) in [6.45, 7) is 1.79. The average Bonchev–Trinajstić information content (AvgIpc) is 2.28. The minimum atomic E-state index is -0.0442. The minimum absolute atomic E-state index is 0.0442. The molecule has 0 amide bonds.